The van der Waals surface area contributed by atoms with Crippen LogP contribution < -0.4 is 5.32 Å². The van der Waals surface area contributed by atoms with Gasteiger partial charge in [-0.15, -0.1) is 0 Å². The van der Waals surface area contributed by atoms with Gasteiger partial charge < -0.3 is 24.1 Å². The smallest absolute Gasteiger partial charge is 0.226 e. The molecule has 168 valence electrons. The molecule has 0 spiro atoms. The van der Waals surface area contributed by atoms with Crippen LogP contribution in [0.15, 0.2) is 12.3 Å². The van der Waals surface area contributed by atoms with Crippen LogP contribution in [0.2, 0.25) is 5.28 Å². The number of hydrogen-bond acceptors (Lipinski definition) is 8. The summed E-state index contributed by atoms with van der Waals surface area (Å²) in [6, 6.07) is 2.39. The molecule has 3 fully saturated rings. The van der Waals surface area contributed by atoms with Gasteiger partial charge in [0.2, 0.25) is 5.28 Å². The zero-order valence-electron chi connectivity index (χ0n) is 17.8. The summed E-state index contributed by atoms with van der Waals surface area (Å²) in [6.07, 6.45) is 5.37. The van der Waals surface area contributed by atoms with Crippen LogP contribution in [-0.2, 0) is 19.0 Å². The molecule has 0 aromatic carbocycles. The number of nitrogens with one attached hydrogen (secondary N) is 1. The molecule has 8 nitrogen and oxygen atoms in total. The Morgan fingerprint density at radius 3 is 2.77 bits per heavy atom. The molecule has 0 radical (unpaired) electrons. The van der Waals surface area contributed by atoms with Gasteiger partial charge in [-0.25, -0.2) is 4.98 Å². The van der Waals surface area contributed by atoms with Crippen LogP contribution >= 0.6 is 23.4 Å². The molecule has 0 bridgehead atoms. The monoisotopic (exact) mass is 466 g/mol. The minimum absolute atomic E-state index is 0.0512. The summed E-state index contributed by atoms with van der Waals surface area (Å²) in [5.74, 6) is 0.541. The number of carbonyl (C=O) groups excluding carboxylic acids is 1. The Hall–Kier alpha value is -1.39. The van der Waals surface area contributed by atoms with Crippen LogP contribution in [0.25, 0.3) is 11.0 Å². The van der Waals surface area contributed by atoms with Gasteiger partial charge in [-0.05, 0) is 44.4 Å². The second-order valence-electron chi connectivity index (χ2n) is 8.86. The van der Waals surface area contributed by atoms with Crippen molar-refractivity contribution < 1.29 is 19.0 Å². The summed E-state index contributed by atoms with van der Waals surface area (Å²) in [5, 5.41) is 4.68. The van der Waals surface area contributed by atoms with Gasteiger partial charge >= 0.3 is 0 Å². The van der Waals surface area contributed by atoms with E-state index in [9.17, 15) is 4.79 Å². The summed E-state index contributed by atoms with van der Waals surface area (Å²) >= 11 is 7.54. The number of thioether (sulfide) groups is 1. The van der Waals surface area contributed by atoms with Crippen LogP contribution in [-0.4, -0.2) is 55.5 Å². The lowest BCUT2D eigenvalue weighted by Crippen LogP contribution is -2.31. The number of carbonyl (C=O) groups is 1. The van der Waals surface area contributed by atoms with Crippen molar-refractivity contribution in [3.63, 3.8) is 0 Å². The van der Waals surface area contributed by atoms with E-state index < -0.39 is 12.0 Å². The van der Waals surface area contributed by atoms with E-state index in [1.54, 1.807) is 6.92 Å². The molecule has 2 saturated heterocycles. The fraction of sp³-hybridized carbons (Fsp3) is 0.667. The molecule has 10 heteroatoms. The van der Waals surface area contributed by atoms with E-state index in [1.807, 2.05) is 30.7 Å². The maximum atomic E-state index is 11.5. The molecule has 5 rings (SSSR count). The Labute approximate surface area is 190 Å². The lowest BCUT2D eigenvalue weighted by Gasteiger charge is -2.25. The maximum absolute atomic E-state index is 11.5. The van der Waals surface area contributed by atoms with E-state index in [2.05, 4.69) is 15.3 Å². The van der Waals surface area contributed by atoms with Crippen LogP contribution in [0.5, 0.6) is 0 Å². The minimum atomic E-state index is -0.721. The summed E-state index contributed by atoms with van der Waals surface area (Å²) in [5.41, 5.74) is 0.692. The molecule has 4 heterocycles. The second-order valence-corrected chi connectivity index (χ2v) is 10.4. The first kappa shape index (κ1) is 21.5. The largest absolute Gasteiger partial charge is 0.367 e. The second kappa shape index (κ2) is 8.19. The number of halogens is 1. The number of anilines is 1. The lowest BCUT2D eigenvalue weighted by atomic mass is 10.1. The highest BCUT2D eigenvalue weighted by Crippen LogP contribution is 2.45. The van der Waals surface area contributed by atoms with Crippen LogP contribution in [0, 0.1) is 0 Å². The topological polar surface area (TPSA) is 87.5 Å². The van der Waals surface area contributed by atoms with Crippen molar-refractivity contribution >= 4 is 45.3 Å². The van der Waals surface area contributed by atoms with Gasteiger partial charge in [-0.3, -0.25) is 4.79 Å². The average Bonchev–Trinajstić information content (AvgIpc) is 3.44. The summed E-state index contributed by atoms with van der Waals surface area (Å²) in [7, 11) is 0. The van der Waals surface area contributed by atoms with Crippen LogP contribution in [0.4, 0.5) is 5.82 Å². The zero-order chi connectivity index (χ0) is 21.8. The third-order valence-electron chi connectivity index (χ3n) is 6.09. The van der Waals surface area contributed by atoms with E-state index in [4.69, 9.17) is 25.8 Å². The number of rotatable bonds is 5. The molecule has 2 aromatic heterocycles. The Bertz CT molecular complexity index is 993. The molecule has 0 amide bonds. The fourth-order valence-electron chi connectivity index (χ4n) is 4.80. The normalized spacial score (nSPS) is 30.2. The van der Waals surface area contributed by atoms with Crippen molar-refractivity contribution in [2.24, 2.45) is 0 Å². The average molecular weight is 467 g/mol. The van der Waals surface area contributed by atoms with E-state index >= 15 is 0 Å². The quantitative estimate of drug-likeness (QED) is 0.658. The molecule has 1 saturated carbocycles. The van der Waals surface area contributed by atoms with E-state index in [0.29, 0.717) is 17.4 Å². The van der Waals surface area contributed by atoms with E-state index in [0.717, 1.165) is 24.0 Å². The first-order valence-electron chi connectivity index (χ1n) is 10.8. The van der Waals surface area contributed by atoms with Gasteiger partial charge in [0.25, 0.3) is 0 Å². The highest BCUT2D eigenvalue weighted by molar-refractivity contribution is 8.13. The first-order chi connectivity index (χ1) is 14.8. The molecule has 1 N–H and O–H groups in total. The van der Waals surface area contributed by atoms with Crippen LogP contribution in [0.3, 0.4) is 0 Å². The Morgan fingerprint density at radius 2 is 2.03 bits per heavy atom. The molecular weight excluding hydrogens is 440 g/mol. The lowest BCUT2D eigenvalue weighted by molar-refractivity contribution is -0.193. The molecular formula is C21H27ClN4O4S. The Morgan fingerprint density at radius 1 is 1.29 bits per heavy atom. The SMILES string of the molecule is CC(=O)SC[C@H]1O[C@@H](n2ccc3c(NC4CCCC4)nc(Cl)nc32)[C@@H]2OC(C)(C)O[C@@H]21. The summed E-state index contributed by atoms with van der Waals surface area (Å²) < 4.78 is 20.6. The number of aromatic nitrogens is 3. The number of nitrogens with zero attached hydrogens (tertiary/aromatic N) is 3. The molecule has 0 unspecified atom stereocenters. The van der Waals surface area contributed by atoms with Gasteiger partial charge in [0.1, 0.15) is 23.7 Å². The molecule has 2 aromatic rings. The Kier molecular flexibility index (Phi) is 5.67. The molecule has 31 heavy (non-hydrogen) atoms. The third-order valence-corrected chi connectivity index (χ3v) is 7.16. The summed E-state index contributed by atoms with van der Waals surface area (Å²) in [4.78, 5) is 20.5. The van der Waals surface area contributed by atoms with Gasteiger partial charge in [-0.2, -0.15) is 4.98 Å². The number of hydrogen-bond donors (Lipinski definition) is 1. The van der Waals surface area contributed by atoms with Gasteiger partial charge in [-0.1, -0.05) is 24.6 Å². The third kappa shape index (κ3) is 4.18. The van der Waals surface area contributed by atoms with Crippen molar-refractivity contribution in [1.82, 2.24) is 14.5 Å². The van der Waals surface area contributed by atoms with Crippen molar-refractivity contribution in [1.29, 1.82) is 0 Å². The van der Waals surface area contributed by atoms with Gasteiger partial charge in [0, 0.05) is 24.9 Å². The highest BCUT2D eigenvalue weighted by atomic mass is 35.5. The van der Waals surface area contributed by atoms with Crippen molar-refractivity contribution in [3.8, 4) is 0 Å². The van der Waals surface area contributed by atoms with Crippen molar-refractivity contribution in [3.05, 3.63) is 17.5 Å². The van der Waals surface area contributed by atoms with E-state index in [-0.39, 0.29) is 28.7 Å². The predicted octanol–water partition coefficient (Wildman–Crippen LogP) is 4.14. The standard InChI is InChI=1S/C21H27ClN4O4S/c1-11(27)31-10-14-15-16(30-21(2,3)29-15)19(28-14)26-9-8-13-17(23-12-6-4-5-7-12)24-20(22)25-18(13)26/h8-9,12,14-16,19H,4-7,10H2,1-3H3,(H,23,24,25)/t14-,15-,16-,19-/m1/s1. The van der Waals surface area contributed by atoms with Gasteiger partial charge in [0.05, 0.1) is 11.5 Å². The van der Waals surface area contributed by atoms with Crippen molar-refractivity contribution in [2.75, 3.05) is 11.1 Å². The molecule has 4 atom stereocenters. The first-order valence-corrected chi connectivity index (χ1v) is 12.1. The molecule has 3 aliphatic rings. The minimum Gasteiger partial charge on any atom is -0.367 e. The highest BCUT2D eigenvalue weighted by Gasteiger charge is 2.56. The van der Waals surface area contributed by atoms with Crippen LogP contribution in [0.1, 0.15) is 52.7 Å². The maximum Gasteiger partial charge on any atom is 0.226 e. The predicted molar refractivity (Wildman–Crippen MR) is 119 cm³/mol. The van der Waals surface area contributed by atoms with E-state index in [1.165, 1.54) is 24.6 Å². The fourth-order valence-corrected chi connectivity index (χ4v) is 5.63. The Balaban J connectivity index is 1.48. The zero-order valence-corrected chi connectivity index (χ0v) is 19.4. The number of ether oxygens (including phenoxy) is 3. The summed E-state index contributed by atoms with van der Waals surface area (Å²) in [6.45, 7) is 5.35. The molecule has 1 aliphatic carbocycles. The van der Waals surface area contributed by atoms with Crippen molar-refractivity contribution in [2.45, 2.75) is 82.8 Å². The van der Waals surface area contributed by atoms with Gasteiger partial charge in [0.15, 0.2) is 17.1 Å². The number of fused-ring (bicyclic) bond motifs is 2. The molecule has 2 aliphatic heterocycles.